The van der Waals surface area contributed by atoms with Gasteiger partial charge in [0.2, 0.25) is 0 Å². The number of hydrogen-bond donors (Lipinski definition) is 2. The molecule has 122 valence electrons. The van der Waals surface area contributed by atoms with Gasteiger partial charge >= 0.3 is 6.18 Å². The summed E-state index contributed by atoms with van der Waals surface area (Å²) in [5.74, 6) is -0.745. The second-order valence-electron chi connectivity index (χ2n) is 5.01. The molecule has 0 saturated carbocycles. The average Bonchev–Trinajstić information content (AvgIpc) is 3.04. The highest BCUT2D eigenvalue weighted by Crippen LogP contribution is 2.37. The first-order valence-corrected chi connectivity index (χ1v) is 6.85. The van der Waals surface area contributed by atoms with Crippen molar-refractivity contribution in [3.8, 4) is 22.4 Å². The number of carbonyl (C=O) groups excluding carboxylic acids is 1. The van der Waals surface area contributed by atoms with Gasteiger partial charge < -0.3 is 5.73 Å². The molecule has 5 nitrogen and oxygen atoms in total. The van der Waals surface area contributed by atoms with Gasteiger partial charge in [0.05, 0.1) is 5.56 Å². The van der Waals surface area contributed by atoms with Gasteiger partial charge in [-0.2, -0.15) is 28.6 Å². The minimum absolute atomic E-state index is 0.0292. The molecule has 0 radical (unpaired) electrons. The molecular formula is C16H11F3N4O. The largest absolute Gasteiger partial charge is 0.417 e. The Balaban J connectivity index is 2.03. The molecule has 0 unspecified atom stereocenters. The van der Waals surface area contributed by atoms with Crippen molar-refractivity contribution in [2.24, 2.45) is 5.73 Å². The minimum Gasteiger partial charge on any atom is -0.364 e. The summed E-state index contributed by atoms with van der Waals surface area (Å²) in [6.45, 7) is 0. The van der Waals surface area contributed by atoms with Gasteiger partial charge in [0.1, 0.15) is 5.69 Å². The SMILES string of the molecule is NC(=O)c1n[nH]nc1-c1ccc(-c2ccccc2C(F)(F)F)cc1. The molecule has 3 aromatic rings. The zero-order valence-corrected chi connectivity index (χ0v) is 12.1. The van der Waals surface area contributed by atoms with Crippen molar-refractivity contribution in [2.75, 3.05) is 0 Å². The molecule has 0 spiro atoms. The number of aromatic nitrogens is 3. The summed E-state index contributed by atoms with van der Waals surface area (Å²) >= 11 is 0. The lowest BCUT2D eigenvalue weighted by molar-refractivity contribution is -0.137. The fraction of sp³-hybridized carbons (Fsp3) is 0.0625. The fourth-order valence-corrected chi connectivity index (χ4v) is 2.39. The van der Waals surface area contributed by atoms with Crippen LogP contribution in [0.5, 0.6) is 0 Å². The molecular weight excluding hydrogens is 321 g/mol. The van der Waals surface area contributed by atoms with Gasteiger partial charge in [0.15, 0.2) is 5.69 Å². The predicted molar refractivity (Wildman–Crippen MR) is 80.8 cm³/mol. The number of rotatable bonds is 3. The van der Waals surface area contributed by atoms with E-state index >= 15 is 0 Å². The van der Waals surface area contributed by atoms with Crippen molar-refractivity contribution >= 4 is 5.91 Å². The van der Waals surface area contributed by atoms with Crippen LogP contribution >= 0.6 is 0 Å². The number of halogens is 3. The smallest absolute Gasteiger partial charge is 0.364 e. The highest BCUT2D eigenvalue weighted by Gasteiger charge is 2.33. The van der Waals surface area contributed by atoms with Gasteiger partial charge in [-0.15, -0.1) is 0 Å². The summed E-state index contributed by atoms with van der Waals surface area (Å²) in [4.78, 5) is 11.3. The van der Waals surface area contributed by atoms with E-state index in [4.69, 9.17) is 5.73 Å². The van der Waals surface area contributed by atoms with Crippen LogP contribution in [0.4, 0.5) is 13.2 Å². The molecule has 1 heterocycles. The Kier molecular flexibility index (Phi) is 3.80. The number of carbonyl (C=O) groups is 1. The van der Waals surface area contributed by atoms with Crippen LogP contribution in [0.3, 0.4) is 0 Å². The number of benzene rings is 2. The quantitative estimate of drug-likeness (QED) is 0.772. The second kappa shape index (κ2) is 5.80. The Morgan fingerprint density at radius 1 is 0.958 bits per heavy atom. The number of alkyl halides is 3. The van der Waals surface area contributed by atoms with Gasteiger partial charge in [-0.05, 0) is 17.2 Å². The standard InChI is InChI=1S/C16H11F3N4O/c17-16(18,19)12-4-2-1-3-11(12)9-5-7-10(8-6-9)13-14(15(20)24)22-23-21-13/h1-8H,(H2,20,24)(H,21,22,23). The van der Waals surface area contributed by atoms with Crippen molar-refractivity contribution < 1.29 is 18.0 Å². The summed E-state index contributed by atoms with van der Waals surface area (Å²) in [5, 5.41) is 9.81. The molecule has 0 aliphatic heterocycles. The minimum atomic E-state index is -4.44. The zero-order valence-electron chi connectivity index (χ0n) is 12.1. The number of hydrogen-bond acceptors (Lipinski definition) is 3. The van der Waals surface area contributed by atoms with Gasteiger partial charge in [-0.3, -0.25) is 4.79 Å². The van der Waals surface area contributed by atoms with Gasteiger partial charge in [0.25, 0.3) is 5.91 Å². The van der Waals surface area contributed by atoms with E-state index in [2.05, 4.69) is 15.4 Å². The second-order valence-corrected chi connectivity index (χ2v) is 5.01. The maximum absolute atomic E-state index is 13.1. The van der Waals surface area contributed by atoms with Crippen molar-refractivity contribution in [2.45, 2.75) is 6.18 Å². The first-order valence-electron chi connectivity index (χ1n) is 6.85. The van der Waals surface area contributed by atoms with E-state index in [-0.39, 0.29) is 17.0 Å². The highest BCUT2D eigenvalue weighted by molar-refractivity contribution is 5.96. The molecule has 3 N–H and O–H groups in total. The molecule has 0 bridgehead atoms. The average molecular weight is 332 g/mol. The molecule has 2 aromatic carbocycles. The van der Waals surface area contributed by atoms with Crippen LogP contribution in [0.15, 0.2) is 48.5 Å². The molecule has 0 saturated heterocycles. The van der Waals surface area contributed by atoms with E-state index in [1.54, 1.807) is 18.2 Å². The predicted octanol–water partition coefficient (Wildman–Crippen LogP) is 3.26. The van der Waals surface area contributed by atoms with Crippen LogP contribution < -0.4 is 5.73 Å². The zero-order chi connectivity index (χ0) is 17.3. The van der Waals surface area contributed by atoms with E-state index in [9.17, 15) is 18.0 Å². The maximum atomic E-state index is 13.1. The number of H-pyrrole nitrogens is 1. The Morgan fingerprint density at radius 2 is 1.58 bits per heavy atom. The Morgan fingerprint density at radius 3 is 2.21 bits per heavy atom. The molecule has 3 rings (SSSR count). The van der Waals surface area contributed by atoms with Crippen molar-refractivity contribution in [1.29, 1.82) is 0 Å². The topological polar surface area (TPSA) is 84.7 Å². The summed E-state index contributed by atoms with van der Waals surface area (Å²) in [6, 6.07) is 11.5. The lowest BCUT2D eigenvalue weighted by Gasteiger charge is -2.13. The van der Waals surface area contributed by atoms with Crippen LogP contribution in [0.1, 0.15) is 16.1 Å². The van der Waals surface area contributed by atoms with E-state index in [1.165, 1.54) is 24.3 Å². The molecule has 8 heteroatoms. The first kappa shape index (κ1) is 15.7. The lowest BCUT2D eigenvalue weighted by atomic mass is 9.97. The van der Waals surface area contributed by atoms with Crippen molar-refractivity contribution in [3.05, 3.63) is 59.8 Å². The van der Waals surface area contributed by atoms with Crippen LogP contribution in [-0.2, 0) is 6.18 Å². The monoisotopic (exact) mass is 332 g/mol. The van der Waals surface area contributed by atoms with Crippen molar-refractivity contribution in [3.63, 3.8) is 0 Å². The number of primary amides is 1. The number of amides is 1. The maximum Gasteiger partial charge on any atom is 0.417 e. The summed E-state index contributed by atoms with van der Waals surface area (Å²) in [7, 11) is 0. The van der Waals surface area contributed by atoms with E-state index in [0.29, 0.717) is 11.1 Å². The molecule has 0 fully saturated rings. The summed E-state index contributed by atoms with van der Waals surface area (Å²) < 4.78 is 39.3. The highest BCUT2D eigenvalue weighted by atomic mass is 19.4. The third kappa shape index (κ3) is 2.85. The Hall–Kier alpha value is -3.16. The van der Waals surface area contributed by atoms with Gasteiger partial charge in [-0.1, -0.05) is 42.5 Å². The summed E-state index contributed by atoms with van der Waals surface area (Å²) in [5.41, 5.74) is 5.70. The van der Waals surface area contributed by atoms with Crippen LogP contribution in [-0.4, -0.2) is 21.3 Å². The number of nitrogens with two attached hydrogens (primary N) is 1. The third-order valence-electron chi connectivity index (χ3n) is 3.48. The van der Waals surface area contributed by atoms with E-state index in [1.807, 2.05) is 0 Å². The Bertz CT molecular complexity index is 885. The van der Waals surface area contributed by atoms with E-state index in [0.717, 1.165) is 6.07 Å². The van der Waals surface area contributed by atoms with Crippen LogP contribution in [0, 0.1) is 0 Å². The lowest BCUT2D eigenvalue weighted by Crippen LogP contribution is -2.12. The van der Waals surface area contributed by atoms with Crippen LogP contribution in [0.2, 0.25) is 0 Å². The van der Waals surface area contributed by atoms with Gasteiger partial charge in [-0.25, -0.2) is 0 Å². The van der Waals surface area contributed by atoms with Crippen LogP contribution in [0.25, 0.3) is 22.4 Å². The normalized spacial score (nSPS) is 11.5. The summed E-state index contributed by atoms with van der Waals surface area (Å²) in [6.07, 6.45) is -4.44. The molecule has 24 heavy (non-hydrogen) atoms. The number of nitrogens with one attached hydrogen (secondary N) is 1. The number of aromatic amines is 1. The fourth-order valence-electron chi connectivity index (χ4n) is 2.39. The van der Waals surface area contributed by atoms with Crippen molar-refractivity contribution in [1.82, 2.24) is 15.4 Å². The van der Waals surface area contributed by atoms with E-state index < -0.39 is 17.6 Å². The Labute approximate surface area is 134 Å². The number of nitrogens with zero attached hydrogens (tertiary/aromatic N) is 2. The molecule has 0 aliphatic rings. The van der Waals surface area contributed by atoms with Gasteiger partial charge in [0, 0.05) is 5.56 Å². The molecule has 1 aromatic heterocycles. The third-order valence-corrected chi connectivity index (χ3v) is 3.48. The molecule has 1 amide bonds. The first-order chi connectivity index (χ1) is 11.4. The molecule has 0 atom stereocenters. The molecule has 0 aliphatic carbocycles.